The van der Waals surface area contributed by atoms with Gasteiger partial charge in [0.1, 0.15) is 24.7 Å². The van der Waals surface area contributed by atoms with E-state index in [1.54, 1.807) is 0 Å². The molecule has 0 aliphatic heterocycles. The van der Waals surface area contributed by atoms with Gasteiger partial charge in [-0.2, -0.15) is 0 Å². The minimum Gasteiger partial charge on any atom is -0.493 e. The van der Waals surface area contributed by atoms with Gasteiger partial charge < -0.3 is 14.3 Å². The summed E-state index contributed by atoms with van der Waals surface area (Å²) in [7, 11) is 0. The number of rotatable bonds is 12. The van der Waals surface area contributed by atoms with E-state index in [0.29, 0.717) is 19.8 Å². The zero-order valence-electron chi connectivity index (χ0n) is 16.1. The highest BCUT2D eigenvalue weighted by molar-refractivity contribution is 9.28. The van der Waals surface area contributed by atoms with Gasteiger partial charge in [0.15, 0.2) is 0 Å². The van der Waals surface area contributed by atoms with Crippen molar-refractivity contribution in [3.8, 4) is 11.5 Å². The van der Waals surface area contributed by atoms with Crippen LogP contribution in [0.1, 0.15) is 51.2 Å². The van der Waals surface area contributed by atoms with Crippen LogP contribution in [-0.4, -0.2) is 25.5 Å². The monoisotopic (exact) mass is 489 g/mol. The molecule has 6 heteroatoms. The number of hydrogen-bond acceptors (Lipinski definition) is 4. The van der Waals surface area contributed by atoms with Crippen molar-refractivity contribution in [2.45, 2.75) is 53.4 Å². The molecule has 0 radical (unpaired) electrons. The van der Waals surface area contributed by atoms with Gasteiger partial charge in [0.25, 0.3) is 0 Å². The molecule has 0 aliphatic rings. The first-order valence-electron chi connectivity index (χ1n) is 8.97. The van der Waals surface area contributed by atoms with Crippen LogP contribution in [0.3, 0.4) is 0 Å². The largest absolute Gasteiger partial charge is 0.493 e. The molecule has 1 rings (SSSR count). The molecule has 0 saturated carbocycles. The molecule has 1 aromatic carbocycles. The molecule has 0 heterocycles. The predicted molar refractivity (Wildman–Crippen MR) is 116 cm³/mol. The topological polar surface area (TPSA) is 40.0 Å². The Morgan fingerprint density at radius 2 is 1.81 bits per heavy atom. The van der Waals surface area contributed by atoms with E-state index in [4.69, 9.17) is 14.3 Å². The molecule has 4 nitrogen and oxygen atoms in total. The maximum Gasteiger partial charge on any atom is 0.125 e. The van der Waals surface area contributed by atoms with Crippen molar-refractivity contribution in [2.75, 3.05) is 19.8 Å². The maximum absolute atomic E-state index is 6.05. The molecule has 0 aliphatic carbocycles. The molecule has 26 heavy (non-hydrogen) atoms. The molecule has 0 N–H and O–H groups in total. The van der Waals surface area contributed by atoms with Crippen LogP contribution in [0.2, 0.25) is 0 Å². The molecule has 0 aromatic heterocycles. The van der Waals surface area contributed by atoms with Gasteiger partial charge in [0.05, 0.1) is 15.7 Å². The van der Waals surface area contributed by atoms with E-state index in [0.717, 1.165) is 51.8 Å². The summed E-state index contributed by atoms with van der Waals surface area (Å²) in [5, 5.41) is 3.93. The summed E-state index contributed by atoms with van der Waals surface area (Å²) in [5.41, 5.74) is 3.23. The molecular weight excluding hydrogens is 462 g/mol. The van der Waals surface area contributed by atoms with E-state index >= 15 is 0 Å². The molecule has 0 amide bonds. The molecule has 0 bridgehead atoms. The summed E-state index contributed by atoms with van der Waals surface area (Å²) in [6.07, 6.45) is 5.88. The lowest BCUT2D eigenvalue weighted by atomic mass is 10.1. The second kappa shape index (κ2) is 13.2. The van der Waals surface area contributed by atoms with Crippen LogP contribution in [0.15, 0.2) is 26.8 Å². The second-order valence-corrected chi connectivity index (χ2v) is 8.94. The standard InChI is InChI=1S/C20H29Br2NO3/c1-5-17-14-18(24-12-9-19(21)22)13-16(4)20(17)25-10-7-6-8-11-26-23-15(2)3/h9,13-14H,5-8,10-12H2,1-4H3. The van der Waals surface area contributed by atoms with Crippen molar-refractivity contribution < 1.29 is 14.3 Å². The van der Waals surface area contributed by atoms with Crippen molar-refractivity contribution in [1.29, 1.82) is 0 Å². The summed E-state index contributed by atoms with van der Waals surface area (Å²) in [6.45, 7) is 9.94. The van der Waals surface area contributed by atoms with Crippen LogP contribution in [-0.2, 0) is 11.3 Å². The highest BCUT2D eigenvalue weighted by atomic mass is 79.9. The fourth-order valence-electron chi connectivity index (χ4n) is 2.36. The van der Waals surface area contributed by atoms with Crippen molar-refractivity contribution in [2.24, 2.45) is 5.16 Å². The normalized spacial score (nSPS) is 10.2. The number of hydrogen-bond donors (Lipinski definition) is 0. The third-order valence-electron chi connectivity index (χ3n) is 3.57. The first kappa shape index (κ1) is 23.0. The molecule has 146 valence electrons. The predicted octanol–water partition coefficient (Wildman–Crippen LogP) is 6.53. The average molecular weight is 491 g/mol. The molecule has 0 atom stereocenters. The Morgan fingerprint density at radius 3 is 2.46 bits per heavy atom. The van der Waals surface area contributed by atoms with E-state index in [1.165, 1.54) is 5.56 Å². The fraction of sp³-hybridized carbons (Fsp3) is 0.550. The first-order valence-corrected chi connectivity index (χ1v) is 10.6. The fourth-order valence-corrected chi connectivity index (χ4v) is 2.62. The van der Waals surface area contributed by atoms with Crippen molar-refractivity contribution >= 4 is 37.6 Å². The quantitative estimate of drug-likeness (QED) is 0.190. The zero-order valence-corrected chi connectivity index (χ0v) is 19.3. The number of oxime groups is 1. The third-order valence-corrected chi connectivity index (χ3v) is 4.21. The third kappa shape index (κ3) is 9.62. The number of unbranched alkanes of at least 4 members (excludes halogenated alkanes) is 2. The summed E-state index contributed by atoms with van der Waals surface area (Å²) in [4.78, 5) is 5.20. The van der Waals surface area contributed by atoms with Gasteiger partial charge in [-0.25, -0.2) is 0 Å². The Kier molecular flexibility index (Phi) is 11.7. The van der Waals surface area contributed by atoms with E-state index in [1.807, 2.05) is 26.0 Å². The first-order chi connectivity index (χ1) is 12.4. The van der Waals surface area contributed by atoms with Crippen molar-refractivity contribution in [3.63, 3.8) is 0 Å². The van der Waals surface area contributed by atoms with Crippen LogP contribution in [0.25, 0.3) is 0 Å². The van der Waals surface area contributed by atoms with Gasteiger partial charge in [-0.15, -0.1) is 0 Å². The van der Waals surface area contributed by atoms with Crippen molar-refractivity contribution in [3.05, 3.63) is 32.7 Å². The second-order valence-electron chi connectivity index (χ2n) is 6.17. The Bertz CT molecular complexity index is 607. The summed E-state index contributed by atoms with van der Waals surface area (Å²) < 4.78 is 12.7. The number of aryl methyl sites for hydroxylation is 2. The van der Waals surface area contributed by atoms with Gasteiger partial charge in [-0.3, -0.25) is 0 Å². The minimum atomic E-state index is 0.512. The molecule has 0 fully saturated rings. The van der Waals surface area contributed by atoms with Crippen LogP contribution < -0.4 is 9.47 Å². The van der Waals surface area contributed by atoms with E-state index in [-0.39, 0.29) is 0 Å². The van der Waals surface area contributed by atoms with Crippen LogP contribution in [0.5, 0.6) is 11.5 Å². The Balaban J connectivity index is 2.46. The van der Waals surface area contributed by atoms with Crippen molar-refractivity contribution in [1.82, 2.24) is 0 Å². The van der Waals surface area contributed by atoms with Crippen LogP contribution >= 0.6 is 31.9 Å². The number of nitrogens with zero attached hydrogens (tertiary/aromatic N) is 1. The smallest absolute Gasteiger partial charge is 0.125 e. The van der Waals surface area contributed by atoms with E-state index < -0.39 is 0 Å². The van der Waals surface area contributed by atoms with Crippen LogP contribution in [0, 0.1) is 6.92 Å². The summed E-state index contributed by atoms with van der Waals surface area (Å²) in [5.74, 6) is 1.85. The molecule has 0 saturated heterocycles. The van der Waals surface area contributed by atoms with Gasteiger partial charge in [-0.05, 0) is 108 Å². The van der Waals surface area contributed by atoms with Crippen LogP contribution in [0.4, 0.5) is 0 Å². The maximum atomic E-state index is 6.05. The summed E-state index contributed by atoms with van der Waals surface area (Å²) >= 11 is 6.65. The number of halogens is 2. The lowest BCUT2D eigenvalue weighted by Gasteiger charge is -2.15. The Morgan fingerprint density at radius 1 is 1.08 bits per heavy atom. The number of ether oxygens (including phenoxy) is 2. The van der Waals surface area contributed by atoms with Gasteiger partial charge in [0, 0.05) is 0 Å². The lowest BCUT2D eigenvalue weighted by molar-refractivity contribution is 0.138. The molecular formula is C20H29Br2NO3. The Hall–Kier alpha value is -1.01. The van der Waals surface area contributed by atoms with Gasteiger partial charge >= 0.3 is 0 Å². The SMILES string of the molecule is CCc1cc(OCC=C(Br)Br)cc(C)c1OCCCCCON=C(C)C. The average Bonchev–Trinajstić information content (AvgIpc) is 2.57. The van der Waals surface area contributed by atoms with E-state index in [2.05, 4.69) is 56.9 Å². The van der Waals surface area contributed by atoms with E-state index in [9.17, 15) is 0 Å². The highest BCUT2D eigenvalue weighted by Crippen LogP contribution is 2.30. The highest BCUT2D eigenvalue weighted by Gasteiger charge is 2.09. The van der Waals surface area contributed by atoms with Gasteiger partial charge in [0.2, 0.25) is 0 Å². The Labute approximate surface area is 174 Å². The molecule has 0 unspecified atom stereocenters. The minimum absolute atomic E-state index is 0.512. The number of benzene rings is 1. The van der Waals surface area contributed by atoms with Gasteiger partial charge in [-0.1, -0.05) is 12.1 Å². The molecule has 1 aromatic rings. The summed E-state index contributed by atoms with van der Waals surface area (Å²) in [6, 6.07) is 4.10. The lowest BCUT2D eigenvalue weighted by Crippen LogP contribution is -2.04. The zero-order chi connectivity index (χ0) is 19.4. The molecule has 0 spiro atoms.